The number of aromatic nitrogens is 2. The van der Waals surface area contributed by atoms with E-state index in [2.05, 4.69) is 29.5 Å². The lowest BCUT2D eigenvalue weighted by molar-refractivity contribution is 0.101. The van der Waals surface area contributed by atoms with Gasteiger partial charge in [-0.1, -0.05) is 137 Å². The van der Waals surface area contributed by atoms with E-state index in [-0.39, 0.29) is 60.1 Å². The quantitative estimate of drug-likeness (QED) is 0.0286. The fourth-order valence-corrected chi connectivity index (χ4v) is 7.11. The molecule has 10 nitrogen and oxygen atoms in total. The van der Waals surface area contributed by atoms with E-state index in [4.69, 9.17) is 57.9 Å². The first-order valence-electron chi connectivity index (χ1n) is 19.2. The number of aromatic hydroxyl groups is 2. The van der Waals surface area contributed by atoms with Gasteiger partial charge >= 0.3 is 0 Å². The number of carbonyl (C=O) groups excluding carboxylic acids is 2. The maximum absolute atomic E-state index is 14.0. The third kappa shape index (κ3) is 11.4. The molecule has 0 saturated carbocycles. The van der Waals surface area contributed by atoms with Gasteiger partial charge in [0.05, 0.1) is 38.9 Å². The Morgan fingerprint density at radius 1 is 0.696 bits per heavy atom. The number of phenols is 2. The number of halogens is 4. The number of nitrogens with zero attached hydrogens (tertiary/aromatic N) is 1. The van der Waals surface area contributed by atoms with Crippen LogP contribution in [0.2, 0.25) is 20.4 Å². The molecule has 0 saturated heterocycles. The maximum Gasteiger partial charge on any atom is 0.215 e. The summed E-state index contributed by atoms with van der Waals surface area (Å²) >= 11 is 26.2. The minimum absolute atomic E-state index is 0.0268. The molecule has 4 aromatic rings. The molecule has 0 atom stereocenters. The zero-order valence-electron chi connectivity index (χ0n) is 31.9. The van der Waals surface area contributed by atoms with Gasteiger partial charge < -0.3 is 37.3 Å². The van der Waals surface area contributed by atoms with E-state index >= 15 is 0 Å². The lowest BCUT2D eigenvalue weighted by Gasteiger charge is -2.14. The van der Waals surface area contributed by atoms with Gasteiger partial charge in [0.15, 0.2) is 0 Å². The van der Waals surface area contributed by atoms with E-state index in [0.29, 0.717) is 22.5 Å². The molecule has 302 valence electrons. The molecule has 0 aliphatic heterocycles. The van der Waals surface area contributed by atoms with Gasteiger partial charge in [0.1, 0.15) is 32.5 Å². The summed E-state index contributed by atoms with van der Waals surface area (Å²) in [5.74, 6) is -2.08. The molecule has 2 heterocycles. The molecule has 0 amide bonds. The molecule has 2 aromatic heterocycles. The van der Waals surface area contributed by atoms with Crippen molar-refractivity contribution in [2.75, 3.05) is 13.1 Å². The smallest absolute Gasteiger partial charge is 0.215 e. The summed E-state index contributed by atoms with van der Waals surface area (Å²) in [5.41, 5.74) is 13.7. The van der Waals surface area contributed by atoms with E-state index in [1.165, 1.54) is 86.3 Å². The highest BCUT2D eigenvalue weighted by atomic mass is 35.5. The van der Waals surface area contributed by atoms with Crippen molar-refractivity contribution in [2.24, 2.45) is 11.5 Å². The molecule has 0 spiro atoms. The van der Waals surface area contributed by atoms with Gasteiger partial charge in [-0.15, -0.1) is 0 Å². The van der Waals surface area contributed by atoms with Crippen LogP contribution in [0.5, 0.6) is 11.5 Å². The van der Waals surface area contributed by atoms with Crippen molar-refractivity contribution in [1.29, 1.82) is 0 Å². The Kier molecular flexibility index (Phi) is 17.4. The molecule has 4 rings (SSSR count). The third-order valence-corrected chi connectivity index (χ3v) is 11.0. The van der Waals surface area contributed by atoms with Gasteiger partial charge in [-0.05, 0) is 43.2 Å². The number of benzene rings is 2. The number of nitrogens with two attached hydrogens (primary N) is 2. The number of aromatic amines is 1. The second-order valence-corrected chi connectivity index (χ2v) is 15.3. The summed E-state index contributed by atoms with van der Waals surface area (Å²) in [6.07, 6.45) is 17.4. The normalized spacial score (nSPS) is 12.0. The van der Waals surface area contributed by atoms with E-state index in [9.17, 15) is 19.8 Å². The molecule has 0 fully saturated rings. The standard InChI is InChI=1S/C42H52Cl4N6O4/c1-3-5-7-9-11-13-19-49-24-31(47)26-15-17-28(34(53)21-26)39(55)33-23-30(43)42(46)52(33)38-36(44)41(45)51-37(38)40(56)29-18-16-27(22-35(29)54)32(48)25-50-20-14-12-10-8-6-4-2/h15-18,21-25,49-51,53-54H,3-14,19-20,47-48H2,1-2H3/b31-24-,32-25-. The van der Waals surface area contributed by atoms with Crippen LogP contribution in [0.1, 0.15) is 134 Å². The monoisotopic (exact) mass is 844 g/mol. The number of hydrogen-bond acceptors (Lipinski definition) is 8. The number of unbranched alkanes of at least 4 members (excludes halogenated alkanes) is 10. The van der Waals surface area contributed by atoms with Crippen molar-refractivity contribution >= 4 is 69.4 Å². The first kappa shape index (κ1) is 44.5. The molecular formula is C42H52Cl4N6O4. The molecule has 14 heteroatoms. The highest BCUT2D eigenvalue weighted by Gasteiger charge is 2.31. The van der Waals surface area contributed by atoms with E-state index in [0.717, 1.165) is 38.8 Å². The molecular weight excluding hydrogens is 794 g/mol. The topological polar surface area (TPSA) is 171 Å². The third-order valence-electron chi connectivity index (χ3n) is 9.47. The molecule has 9 N–H and O–H groups in total. The Labute approximate surface area is 349 Å². The first-order chi connectivity index (χ1) is 26.9. The molecule has 0 unspecified atom stereocenters. The Bertz CT molecular complexity index is 1890. The van der Waals surface area contributed by atoms with Gasteiger partial charge in [0, 0.05) is 36.6 Å². The number of ketones is 2. The number of nitrogens with one attached hydrogen (secondary N) is 3. The van der Waals surface area contributed by atoms with Crippen LogP contribution in [-0.2, 0) is 0 Å². The van der Waals surface area contributed by atoms with E-state index in [1.54, 1.807) is 24.5 Å². The fraction of sp³-hybridized carbons (Fsp3) is 0.381. The van der Waals surface area contributed by atoms with Crippen LogP contribution in [0.25, 0.3) is 17.1 Å². The van der Waals surface area contributed by atoms with Crippen molar-refractivity contribution in [1.82, 2.24) is 20.2 Å². The van der Waals surface area contributed by atoms with Gasteiger partial charge in [-0.3, -0.25) is 14.2 Å². The summed E-state index contributed by atoms with van der Waals surface area (Å²) in [6, 6.07) is 10.1. The number of carbonyl (C=O) groups is 2. The Morgan fingerprint density at radius 2 is 1.16 bits per heavy atom. The number of phenolic OH excluding ortho intramolecular Hbond substituents is 2. The Balaban J connectivity index is 1.55. The number of rotatable bonds is 23. The van der Waals surface area contributed by atoms with Crippen LogP contribution in [0.15, 0.2) is 54.9 Å². The molecule has 0 bridgehead atoms. The summed E-state index contributed by atoms with van der Waals surface area (Å²) in [6.45, 7) is 5.90. The second kappa shape index (κ2) is 21.9. The predicted octanol–water partition coefficient (Wildman–Crippen LogP) is 10.7. The zero-order valence-corrected chi connectivity index (χ0v) is 34.9. The average Bonchev–Trinajstić information content (AvgIpc) is 3.64. The van der Waals surface area contributed by atoms with Crippen LogP contribution < -0.4 is 22.1 Å². The molecule has 0 radical (unpaired) electrons. The van der Waals surface area contributed by atoms with Crippen molar-refractivity contribution in [2.45, 2.75) is 90.9 Å². The van der Waals surface area contributed by atoms with Gasteiger partial charge in [0.25, 0.3) is 0 Å². The minimum Gasteiger partial charge on any atom is -0.507 e. The van der Waals surface area contributed by atoms with Gasteiger partial charge in [-0.2, -0.15) is 0 Å². The van der Waals surface area contributed by atoms with Crippen LogP contribution in [0.4, 0.5) is 0 Å². The number of hydrogen-bond donors (Lipinski definition) is 7. The Morgan fingerprint density at radius 3 is 1.64 bits per heavy atom. The van der Waals surface area contributed by atoms with Crippen molar-refractivity contribution in [3.63, 3.8) is 0 Å². The van der Waals surface area contributed by atoms with Crippen molar-refractivity contribution in [3.05, 3.63) is 109 Å². The number of H-pyrrole nitrogens is 1. The molecule has 2 aromatic carbocycles. The predicted molar refractivity (Wildman–Crippen MR) is 230 cm³/mol. The average molecular weight is 847 g/mol. The maximum atomic E-state index is 14.0. The first-order valence-corrected chi connectivity index (χ1v) is 20.7. The minimum atomic E-state index is -0.708. The fourth-order valence-electron chi connectivity index (χ4n) is 6.28. The van der Waals surface area contributed by atoms with Crippen molar-refractivity contribution < 1.29 is 19.8 Å². The second-order valence-electron chi connectivity index (χ2n) is 13.7. The highest BCUT2D eigenvalue weighted by molar-refractivity contribution is 6.45. The SMILES string of the molecule is CCCCCCCCN/C=C(\N)c1ccc(C(=O)c2[nH]c(Cl)c(Cl)c2-n2c(C(=O)c3ccc(/C(N)=C/NCCCCCCCC)cc3O)cc(Cl)c2Cl)c(O)c1. The summed E-state index contributed by atoms with van der Waals surface area (Å²) in [7, 11) is 0. The van der Waals surface area contributed by atoms with Crippen LogP contribution in [-0.4, -0.2) is 44.4 Å². The van der Waals surface area contributed by atoms with Crippen LogP contribution >= 0.6 is 46.4 Å². The van der Waals surface area contributed by atoms with Crippen LogP contribution in [0.3, 0.4) is 0 Å². The van der Waals surface area contributed by atoms with E-state index < -0.39 is 11.6 Å². The zero-order chi connectivity index (χ0) is 40.8. The van der Waals surface area contributed by atoms with Gasteiger partial charge in [-0.25, -0.2) is 0 Å². The lowest BCUT2D eigenvalue weighted by atomic mass is 10.0. The summed E-state index contributed by atoms with van der Waals surface area (Å²) in [4.78, 5) is 30.8. The van der Waals surface area contributed by atoms with Crippen LogP contribution in [0, 0.1) is 0 Å². The largest absolute Gasteiger partial charge is 0.507 e. The van der Waals surface area contributed by atoms with E-state index in [1.807, 2.05) is 0 Å². The lowest BCUT2D eigenvalue weighted by Crippen LogP contribution is -2.14. The summed E-state index contributed by atoms with van der Waals surface area (Å²) in [5, 5.41) is 28.0. The molecule has 0 aliphatic rings. The van der Waals surface area contributed by atoms with Crippen molar-refractivity contribution in [3.8, 4) is 17.2 Å². The Hall–Kier alpha value is -4.22. The van der Waals surface area contributed by atoms with Gasteiger partial charge in [0.2, 0.25) is 11.6 Å². The highest BCUT2D eigenvalue weighted by Crippen LogP contribution is 2.40. The molecule has 0 aliphatic carbocycles. The molecule has 56 heavy (non-hydrogen) atoms. The summed E-state index contributed by atoms with van der Waals surface area (Å²) < 4.78 is 1.18.